The summed E-state index contributed by atoms with van der Waals surface area (Å²) >= 11 is 0. The summed E-state index contributed by atoms with van der Waals surface area (Å²) in [6.07, 6.45) is 3.59. The molecular weight excluding hydrogens is 455 g/mol. The summed E-state index contributed by atoms with van der Waals surface area (Å²) in [5.41, 5.74) is 7.90. The minimum Gasteiger partial charge on any atom is -0.508 e. The molecule has 6 rings (SSSR count). The third-order valence-electron chi connectivity index (χ3n) is 6.01. The van der Waals surface area contributed by atoms with Gasteiger partial charge in [0.25, 0.3) is 0 Å². The van der Waals surface area contributed by atoms with Crippen LogP contribution in [0.25, 0.3) is 55.7 Å². The Kier molecular flexibility index (Phi) is 5.14. The number of nitrogens with one attached hydrogen (secondary N) is 3. The molecule has 0 saturated carbocycles. The number of hydrogen-bond acceptors (Lipinski definition) is 5. The Balaban J connectivity index is 1.45. The van der Waals surface area contributed by atoms with E-state index in [1.54, 1.807) is 18.5 Å². The molecule has 0 aliphatic carbocycles. The molecule has 0 saturated heterocycles. The van der Waals surface area contributed by atoms with Crippen molar-refractivity contribution < 1.29 is 9.50 Å². The average molecular weight is 479 g/mol. The number of anilines is 1. The molecule has 7 nitrogen and oxygen atoms in total. The number of aromatic nitrogens is 5. The normalized spacial score (nSPS) is 11.6. The van der Waals surface area contributed by atoms with Gasteiger partial charge in [0.1, 0.15) is 22.8 Å². The number of benzene rings is 2. The number of aromatic hydroxyl groups is 1. The number of aromatic amines is 2. The Hall–Kier alpha value is -4.72. The van der Waals surface area contributed by atoms with E-state index in [-0.39, 0.29) is 5.75 Å². The van der Waals surface area contributed by atoms with Crippen molar-refractivity contribution in [2.45, 2.75) is 19.9 Å². The lowest BCUT2D eigenvalue weighted by Crippen LogP contribution is -2.09. The van der Waals surface area contributed by atoms with Crippen molar-refractivity contribution in [3.8, 4) is 39.5 Å². The van der Waals surface area contributed by atoms with E-state index < -0.39 is 5.82 Å². The number of pyridine rings is 2. The highest BCUT2D eigenvalue weighted by Crippen LogP contribution is 2.35. The minimum absolute atomic E-state index is 0.116. The molecule has 0 amide bonds. The van der Waals surface area contributed by atoms with E-state index in [0.717, 1.165) is 56.2 Å². The van der Waals surface area contributed by atoms with Crippen LogP contribution in [0, 0.1) is 5.82 Å². The van der Waals surface area contributed by atoms with Crippen LogP contribution in [0.5, 0.6) is 5.75 Å². The lowest BCUT2D eigenvalue weighted by atomic mass is 10.0. The van der Waals surface area contributed by atoms with Crippen molar-refractivity contribution >= 4 is 27.6 Å². The molecule has 0 aliphatic heterocycles. The SMILES string of the molecule is CC(C)Nc1cncc(-c2ccc3[nH]nc(-c4cc5c(-c6cc(O)cc(F)c6)cccc5[nH]4)c3n2)c1. The zero-order valence-corrected chi connectivity index (χ0v) is 19.7. The van der Waals surface area contributed by atoms with Gasteiger partial charge >= 0.3 is 0 Å². The fraction of sp³-hybridized carbons (Fsp3) is 0.107. The Morgan fingerprint density at radius 2 is 1.83 bits per heavy atom. The molecule has 0 unspecified atom stereocenters. The first kappa shape index (κ1) is 21.8. The smallest absolute Gasteiger partial charge is 0.135 e. The molecule has 0 radical (unpaired) electrons. The number of H-pyrrole nitrogens is 2. The van der Waals surface area contributed by atoms with E-state index in [9.17, 15) is 9.50 Å². The Labute approximate surface area is 206 Å². The highest BCUT2D eigenvalue weighted by atomic mass is 19.1. The molecule has 4 aromatic heterocycles. The molecule has 36 heavy (non-hydrogen) atoms. The third-order valence-corrected chi connectivity index (χ3v) is 6.01. The van der Waals surface area contributed by atoms with Gasteiger partial charge in [0.05, 0.1) is 22.6 Å². The van der Waals surface area contributed by atoms with Gasteiger partial charge in [-0.25, -0.2) is 9.37 Å². The Morgan fingerprint density at radius 1 is 0.944 bits per heavy atom. The van der Waals surface area contributed by atoms with Crippen LogP contribution in [0.2, 0.25) is 0 Å². The molecule has 6 aromatic rings. The molecule has 0 atom stereocenters. The maximum atomic E-state index is 14.0. The van der Waals surface area contributed by atoms with Crippen molar-refractivity contribution in [3.05, 3.63) is 78.9 Å². The van der Waals surface area contributed by atoms with E-state index >= 15 is 0 Å². The van der Waals surface area contributed by atoms with Crippen molar-refractivity contribution in [3.63, 3.8) is 0 Å². The number of hydrogen-bond donors (Lipinski definition) is 4. The number of phenolic OH excluding ortho intramolecular Hbond substituents is 1. The van der Waals surface area contributed by atoms with E-state index in [0.29, 0.717) is 17.3 Å². The first-order valence-electron chi connectivity index (χ1n) is 11.6. The summed E-state index contributed by atoms with van der Waals surface area (Å²) in [7, 11) is 0. The minimum atomic E-state index is -0.491. The van der Waals surface area contributed by atoms with Gasteiger partial charge in [0.15, 0.2) is 0 Å². The van der Waals surface area contributed by atoms with Gasteiger partial charge in [-0.15, -0.1) is 0 Å². The maximum absolute atomic E-state index is 14.0. The van der Waals surface area contributed by atoms with Gasteiger partial charge < -0.3 is 15.4 Å². The third kappa shape index (κ3) is 3.92. The maximum Gasteiger partial charge on any atom is 0.135 e. The summed E-state index contributed by atoms with van der Waals surface area (Å²) in [5.74, 6) is -0.607. The monoisotopic (exact) mass is 478 g/mol. The predicted molar refractivity (Wildman–Crippen MR) is 140 cm³/mol. The van der Waals surface area contributed by atoms with Crippen molar-refractivity contribution in [2.24, 2.45) is 0 Å². The number of phenols is 1. The molecular formula is C28H23FN6O. The molecule has 0 bridgehead atoms. The summed E-state index contributed by atoms with van der Waals surface area (Å²) in [6.45, 7) is 4.16. The second-order valence-corrected chi connectivity index (χ2v) is 9.07. The quantitative estimate of drug-likeness (QED) is 0.226. The summed E-state index contributed by atoms with van der Waals surface area (Å²) in [5, 5.41) is 21.8. The van der Waals surface area contributed by atoms with Crippen LogP contribution in [0.15, 0.2) is 73.1 Å². The number of fused-ring (bicyclic) bond motifs is 2. The summed E-state index contributed by atoms with van der Waals surface area (Å²) in [6, 6.07) is 18.0. The number of halogens is 1. The lowest BCUT2D eigenvalue weighted by Gasteiger charge is -2.10. The fourth-order valence-electron chi connectivity index (χ4n) is 4.50. The zero-order valence-electron chi connectivity index (χ0n) is 19.7. The highest BCUT2D eigenvalue weighted by molar-refractivity contribution is 6.00. The van der Waals surface area contributed by atoms with Crippen molar-refractivity contribution in [1.82, 2.24) is 25.1 Å². The largest absolute Gasteiger partial charge is 0.508 e. The van der Waals surface area contributed by atoms with Crippen molar-refractivity contribution in [1.29, 1.82) is 0 Å². The highest BCUT2D eigenvalue weighted by Gasteiger charge is 2.16. The standard InChI is InChI=1S/C28H23FN6O/c1-15(2)31-19-9-17(13-30-14-19)23-6-7-25-27(33-23)28(35-34-25)26-12-22-21(4-3-5-24(22)32-26)16-8-18(29)11-20(36)10-16/h3-15,31-32,36H,1-2H3,(H,34,35). The van der Waals surface area contributed by atoms with Gasteiger partial charge in [0.2, 0.25) is 0 Å². The number of nitrogens with zero attached hydrogens (tertiary/aromatic N) is 3. The fourth-order valence-corrected chi connectivity index (χ4v) is 4.50. The van der Waals surface area contributed by atoms with Gasteiger partial charge in [-0.1, -0.05) is 12.1 Å². The Bertz CT molecular complexity index is 1720. The van der Waals surface area contributed by atoms with Gasteiger partial charge in [-0.3, -0.25) is 10.1 Å². The summed E-state index contributed by atoms with van der Waals surface area (Å²) < 4.78 is 14.0. The van der Waals surface area contributed by atoms with Crippen LogP contribution in [-0.2, 0) is 0 Å². The van der Waals surface area contributed by atoms with Gasteiger partial charge in [0, 0.05) is 41.0 Å². The first-order valence-corrected chi connectivity index (χ1v) is 11.6. The van der Waals surface area contributed by atoms with Crippen LogP contribution < -0.4 is 5.32 Å². The lowest BCUT2D eigenvalue weighted by molar-refractivity contribution is 0.469. The second kappa shape index (κ2) is 8.49. The molecule has 4 heterocycles. The van der Waals surface area contributed by atoms with Crippen LogP contribution in [-0.4, -0.2) is 36.3 Å². The van der Waals surface area contributed by atoms with Crippen LogP contribution >= 0.6 is 0 Å². The van der Waals surface area contributed by atoms with Gasteiger partial charge in [-0.05, 0) is 67.4 Å². The van der Waals surface area contributed by atoms with E-state index in [1.807, 2.05) is 42.5 Å². The van der Waals surface area contributed by atoms with Crippen molar-refractivity contribution in [2.75, 3.05) is 5.32 Å². The van der Waals surface area contributed by atoms with Crippen LogP contribution in [0.4, 0.5) is 10.1 Å². The van der Waals surface area contributed by atoms with E-state index in [1.165, 1.54) is 6.07 Å². The van der Waals surface area contributed by atoms with Crippen LogP contribution in [0.3, 0.4) is 0 Å². The van der Waals surface area contributed by atoms with Crippen LogP contribution in [0.1, 0.15) is 13.8 Å². The topological polar surface area (TPSA) is 103 Å². The van der Waals surface area contributed by atoms with E-state index in [2.05, 4.69) is 39.3 Å². The molecule has 0 fully saturated rings. The molecule has 0 spiro atoms. The molecule has 2 aromatic carbocycles. The van der Waals surface area contributed by atoms with Gasteiger partial charge in [-0.2, -0.15) is 5.10 Å². The first-order chi connectivity index (χ1) is 17.4. The average Bonchev–Trinajstić information content (AvgIpc) is 3.46. The number of rotatable bonds is 5. The zero-order chi connectivity index (χ0) is 24.8. The molecule has 0 aliphatic rings. The second-order valence-electron chi connectivity index (χ2n) is 9.07. The predicted octanol–water partition coefficient (Wildman–Crippen LogP) is 6.50. The Morgan fingerprint density at radius 3 is 2.67 bits per heavy atom. The molecule has 4 N–H and O–H groups in total. The van der Waals surface area contributed by atoms with E-state index in [4.69, 9.17) is 4.98 Å². The summed E-state index contributed by atoms with van der Waals surface area (Å²) in [4.78, 5) is 12.7. The molecule has 178 valence electrons. The molecule has 8 heteroatoms.